The van der Waals surface area contributed by atoms with Crippen LogP contribution in [0.3, 0.4) is 0 Å². The molecule has 1 aromatic heterocycles. The summed E-state index contributed by atoms with van der Waals surface area (Å²) in [6.45, 7) is 0.873. The fourth-order valence-electron chi connectivity index (χ4n) is 3.50. The molecular formula is C15H22N2OS. The largest absolute Gasteiger partial charge is 0.334 e. The molecule has 4 heteroatoms. The lowest BCUT2D eigenvalue weighted by atomic mass is 9.81. The van der Waals surface area contributed by atoms with Crippen LogP contribution >= 0.6 is 11.3 Å². The summed E-state index contributed by atoms with van der Waals surface area (Å²) in [6.07, 6.45) is 7.32. The molecule has 2 N–H and O–H groups in total. The second kappa shape index (κ2) is 5.25. The summed E-state index contributed by atoms with van der Waals surface area (Å²) in [5.41, 5.74) is 7.11. The monoisotopic (exact) mass is 278 g/mol. The molecule has 1 unspecified atom stereocenters. The quantitative estimate of drug-likeness (QED) is 0.903. The number of rotatable bonds is 2. The van der Waals surface area contributed by atoms with Gasteiger partial charge in [0.05, 0.1) is 11.6 Å². The summed E-state index contributed by atoms with van der Waals surface area (Å²) in [5.74, 6) is 0.195. The van der Waals surface area contributed by atoms with Crippen molar-refractivity contribution in [2.24, 2.45) is 5.73 Å². The number of nitrogens with two attached hydrogens (primary N) is 1. The Morgan fingerprint density at radius 1 is 1.32 bits per heavy atom. The summed E-state index contributed by atoms with van der Waals surface area (Å²) in [7, 11) is 0. The van der Waals surface area contributed by atoms with E-state index in [-0.39, 0.29) is 11.9 Å². The van der Waals surface area contributed by atoms with Crippen LogP contribution in [0.25, 0.3) is 0 Å². The third-order valence-electron chi connectivity index (χ3n) is 4.61. The molecular weight excluding hydrogens is 256 g/mol. The van der Waals surface area contributed by atoms with Gasteiger partial charge in [-0.05, 0) is 48.1 Å². The lowest BCUT2D eigenvalue weighted by Crippen LogP contribution is -2.56. The number of amides is 1. The molecule has 3 nitrogen and oxygen atoms in total. The molecule has 0 radical (unpaired) electrons. The smallest absolute Gasteiger partial charge is 0.243 e. The highest BCUT2D eigenvalue weighted by Gasteiger charge is 2.42. The summed E-state index contributed by atoms with van der Waals surface area (Å²) in [6, 6.07) is 2.41. The second-order valence-corrected chi connectivity index (χ2v) is 6.71. The standard InChI is InChI=1S/C15H22N2OS/c16-15(7-2-1-3-8-15)14(18)17-9-4-5-13(17)12-6-10-19-11-12/h6,10-11,13H,1-5,7-9,16H2. The van der Waals surface area contributed by atoms with E-state index in [1.807, 2.05) is 4.90 Å². The average molecular weight is 278 g/mol. The van der Waals surface area contributed by atoms with Crippen LogP contribution in [0.15, 0.2) is 16.8 Å². The van der Waals surface area contributed by atoms with Crippen LogP contribution in [0.1, 0.15) is 56.6 Å². The Kier molecular flexibility index (Phi) is 3.63. The van der Waals surface area contributed by atoms with Gasteiger partial charge in [0.1, 0.15) is 0 Å². The summed E-state index contributed by atoms with van der Waals surface area (Å²) in [4.78, 5) is 14.9. The van der Waals surface area contributed by atoms with Crippen LogP contribution in [0.2, 0.25) is 0 Å². The van der Waals surface area contributed by atoms with Gasteiger partial charge in [0.2, 0.25) is 5.91 Å². The van der Waals surface area contributed by atoms with Gasteiger partial charge < -0.3 is 10.6 Å². The van der Waals surface area contributed by atoms with Crippen LogP contribution in [0.5, 0.6) is 0 Å². The fraction of sp³-hybridized carbons (Fsp3) is 0.667. The number of hydrogen-bond donors (Lipinski definition) is 1. The van der Waals surface area contributed by atoms with Gasteiger partial charge in [-0.1, -0.05) is 19.3 Å². The molecule has 19 heavy (non-hydrogen) atoms. The lowest BCUT2D eigenvalue weighted by Gasteiger charge is -2.37. The van der Waals surface area contributed by atoms with E-state index in [1.165, 1.54) is 12.0 Å². The zero-order valence-electron chi connectivity index (χ0n) is 11.3. The Labute approximate surface area is 118 Å². The Morgan fingerprint density at radius 3 is 2.79 bits per heavy atom. The summed E-state index contributed by atoms with van der Waals surface area (Å²) < 4.78 is 0. The number of likely N-dealkylation sites (tertiary alicyclic amines) is 1. The van der Waals surface area contributed by atoms with E-state index in [9.17, 15) is 4.79 Å². The van der Waals surface area contributed by atoms with Crippen molar-refractivity contribution in [3.05, 3.63) is 22.4 Å². The number of hydrogen-bond acceptors (Lipinski definition) is 3. The SMILES string of the molecule is NC1(C(=O)N2CCCC2c2ccsc2)CCCCC1. The van der Waals surface area contributed by atoms with E-state index in [2.05, 4.69) is 16.8 Å². The summed E-state index contributed by atoms with van der Waals surface area (Å²) in [5, 5.41) is 4.26. The van der Waals surface area contributed by atoms with Gasteiger partial charge in [-0.2, -0.15) is 11.3 Å². The molecule has 104 valence electrons. The van der Waals surface area contributed by atoms with Crippen molar-refractivity contribution in [1.82, 2.24) is 4.90 Å². The highest BCUT2D eigenvalue weighted by atomic mass is 32.1. The third-order valence-corrected chi connectivity index (χ3v) is 5.31. The van der Waals surface area contributed by atoms with Crippen molar-refractivity contribution in [1.29, 1.82) is 0 Å². The first-order valence-electron chi connectivity index (χ1n) is 7.33. The number of nitrogens with zero attached hydrogens (tertiary/aromatic N) is 1. The molecule has 0 spiro atoms. The zero-order valence-corrected chi connectivity index (χ0v) is 12.1. The fourth-order valence-corrected chi connectivity index (χ4v) is 4.21. The predicted octanol–water partition coefficient (Wildman–Crippen LogP) is 3.07. The Balaban J connectivity index is 1.78. The molecule has 2 fully saturated rings. The van der Waals surface area contributed by atoms with Gasteiger partial charge in [-0.15, -0.1) is 0 Å². The molecule has 2 aliphatic rings. The molecule has 3 rings (SSSR count). The van der Waals surface area contributed by atoms with Crippen molar-refractivity contribution in [3.63, 3.8) is 0 Å². The third kappa shape index (κ3) is 2.43. The maximum Gasteiger partial charge on any atom is 0.243 e. The highest BCUT2D eigenvalue weighted by molar-refractivity contribution is 7.07. The minimum Gasteiger partial charge on any atom is -0.334 e. The van der Waals surface area contributed by atoms with E-state index < -0.39 is 5.54 Å². The summed E-state index contributed by atoms with van der Waals surface area (Å²) >= 11 is 1.71. The maximum absolute atomic E-state index is 12.8. The van der Waals surface area contributed by atoms with Crippen LogP contribution in [0.4, 0.5) is 0 Å². The average Bonchev–Trinajstić information content (AvgIpc) is 3.09. The van der Waals surface area contributed by atoms with Crippen LogP contribution in [0, 0.1) is 0 Å². The van der Waals surface area contributed by atoms with Crippen molar-refractivity contribution >= 4 is 17.2 Å². The molecule has 1 atom stereocenters. The van der Waals surface area contributed by atoms with Gasteiger partial charge in [0.25, 0.3) is 0 Å². The van der Waals surface area contributed by atoms with Crippen LogP contribution < -0.4 is 5.73 Å². The molecule has 1 saturated heterocycles. The second-order valence-electron chi connectivity index (χ2n) is 5.93. The molecule has 0 bridgehead atoms. The van der Waals surface area contributed by atoms with E-state index in [4.69, 9.17) is 5.73 Å². The normalized spacial score (nSPS) is 26.6. The first kappa shape index (κ1) is 13.1. The van der Waals surface area contributed by atoms with E-state index in [1.54, 1.807) is 11.3 Å². The van der Waals surface area contributed by atoms with E-state index in [0.29, 0.717) is 0 Å². The van der Waals surface area contributed by atoms with Crippen LogP contribution in [-0.4, -0.2) is 22.9 Å². The van der Waals surface area contributed by atoms with Gasteiger partial charge in [-0.25, -0.2) is 0 Å². The zero-order chi connectivity index (χ0) is 13.3. The van der Waals surface area contributed by atoms with Gasteiger partial charge in [0.15, 0.2) is 0 Å². The minimum atomic E-state index is -0.586. The predicted molar refractivity (Wildman–Crippen MR) is 78.0 cm³/mol. The van der Waals surface area contributed by atoms with Crippen molar-refractivity contribution in [3.8, 4) is 0 Å². The lowest BCUT2D eigenvalue weighted by molar-refractivity contribution is -0.139. The Morgan fingerprint density at radius 2 is 2.11 bits per heavy atom. The van der Waals surface area contributed by atoms with Crippen molar-refractivity contribution in [2.75, 3.05) is 6.54 Å². The van der Waals surface area contributed by atoms with Gasteiger partial charge in [-0.3, -0.25) is 4.79 Å². The maximum atomic E-state index is 12.8. The number of carbonyl (C=O) groups excluding carboxylic acids is 1. The molecule has 1 amide bonds. The molecule has 1 aliphatic heterocycles. The highest BCUT2D eigenvalue weighted by Crippen LogP contribution is 2.37. The Bertz CT molecular complexity index is 437. The number of carbonyl (C=O) groups is 1. The van der Waals surface area contributed by atoms with Gasteiger partial charge in [0, 0.05) is 6.54 Å². The minimum absolute atomic E-state index is 0.195. The molecule has 0 aromatic carbocycles. The molecule has 1 saturated carbocycles. The van der Waals surface area contributed by atoms with Crippen molar-refractivity contribution in [2.45, 2.75) is 56.5 Å². The van der Waals surface area contributed by atoms with E-state index in [0.717, 1.165) is 45.1 Å². The number of thiophene rings is 1. The topological polar surface area (TPSA) is 46.3 Å². The molecule has 2 heterocycles. The van der Waals surface area contributed by atoms with Gasteiger partial charge >= 0.3 is 0 Å². The molecule has 1 aromatic rings. The van der Waals surface area contributed by atoms with Crippen molar-refractivity contribution < 1.29 is 4.79 Å². The Hall–Kier alpha value is -0.870. The first-order valence-corrected chi connectivity index (χ1v) is 8.27. The first-order chi connectivity index (χ1) is 9.21. The van der Waals surface area contributed by atoms with Crippen LogP contribution in [-0.2, 0) is 4.79 Å². The van der Waals surface area contributed by atoms with E-state index >= 15 is 0 Å². The molecule has 1 aliphatic carbocycles.